The Hall–Kier alpha value is -1.58. The van der Waals surface area contributed by atoms with Crippen LogP contribution in [0.15, 0.2) is 23.1 Å². The van der Waals surface area contributed by atoms with Crippen molar-refractivity contribution in [2.45, 2.75) is 11.3 Å². The van der Waals surface area contributed by atoms with Crippen LogP contribution in [0.1, 0.15) is 6.42 Å². The smallest absolute Gasteiger partial charge is 0.324 e. The molecule has 9 heteroatoms. The van der Waals surface area contributed by atoms with Crippen LogP contribution in [0.25, 0.3) is 0 Å². The minimum Gasteiger partial charge on any atom is -0.330 e. The van der Waals surface area contributed by atoms with Gasteiger partial charge < -0.3 is 5.73 Å². The summed E-state index contributed by atoms with van der Waals surface area (Å²) in [5.41, 5.74) is 4.14. The monoisotopic (exact) mass is 277 g/mol. The number of sulfonamides is 1. The standard InChI is InChI=1S/C9H12FN3O4S/c10-7-3-1-4-8(9(7)13(14)15)18(16,17)12-6-2-5-11/h1,3-4,12H,2,5-6,11H2. The molecule has 100 valence electrons. The summed E-state index contributed by atoms with van der Waals surface area (Å²) in [5.74, 6) is -1.19. The maximum atomic E-state index is 13.3. The first-order valence-electron chi connectivity index (χ1n) is 5.03. The molecule has 3 N–H and O–H groups in total. The molecule has 1 aromatic rings. The van der Waals surface area contributed by atoms with Gasteiger partial charge in [-0.05, 0) is 25.1 Å². The van der Waals surface area contributed by atoms with Crippen LogP contribution in [0.3, 0.4) is 0 Å². The third-order valence-electron chi connectivity index (χ3n) is 2.09. The van der Waals surface area contributed by atoms with Crippen molar-refractivity contribution in [3.63, 3.8) is 0 Å². The quantitative estimate of drug-likeness (QED) is 0.442. The fourth-order valence-electron chi connectivity index (χ4n) is 1.28. The van der Waals surface area contributed by atoms with Crippen molar-refractivity contribution in [1.82, 2.24) is 4.72 Å². The molecule has 0 heterocycles. The summed E-state index contributed by atoms with van der Waals surface area (Å²) in [7, 11) is -4.12. The van der Waals surface area contributed by atoms with E-state index in [1.54, 1.807) is 0 Å². The van der Waals surface area contributed by atoms with E-state index in [4.69, 9.17) is 5.73 Å². The van der Waals surface area contributed by atoms with Gasteiger partial charge in [0, 0.05) is 6.54 Å². The molecule has 0 saturated heterocycles. The van der Waals surface area contributed by atoms with Gasteiger partial charge in [-0.3, -0.25) is 10.1 Å². The molecule has 1 rings (SSSR count). The highest BCUT2D eigenvalue weighted by Crippen LogP contribution is 2.26. The van der Waals surface area contributed by atoms with Gasteiger partial charge in [0.1, 0.15) is 0 Å². The van der Waals surface area contributed by atoms with E-state index in [0.29, 0.717) is 6.42 Å². The summed E-state index contributed by atoms with van der Waals surface area (Å²) in [6.45, 7) is 0.306. The number of nitrogens with two attached hydrogens (primary N) is 1. The van der Waals surface area contributed by atoms with E-state index in [1.807, 2.05) is 0 Å². The summed E-state index contributed by atoms with van der Waals surface area (Å²) in [4.78, 5) is 8.92. The second-order valence-electron chi connectivity index (χ2n) is 3.38. The largest absolute Gasteiger partial charge is 0.330 e. The van der Waals surface area contributed by atoms with Crippen LogP contribution >= 0.6 is 0 Å². The molecular weight excluding hydrogens is 265 g/mol. The zero-order chi connectivity index (χ0) is 13.8. The number of para-hydroxylation sites is 1. The molecule has 0 aromatic heterocycles. The maximum Gasteiger partial charge on any atom is 0.324 e. The number of halogens is 1. The summed E-state index contributed by atoms with van der Waals surface area (Å²) in [6.07, 6.45) is 0.377. The van der Waals surface area contributed by atoms with Crippen LogP contribution in [-0.2, 0) is 10.0 Å². The highest BCUT2D eigenvalue weighted by Gasteiger charge is 2.28. The van der Waals surface area contributed by atoms with E-state index in [0.717, 1.165) is 18.2 Å². The molecule has 0 amide bonds. The molecule has 0 unspecified atom stereocenters. The number of hydrogen-bond acceptors (Lipinski definition) is 5. The lowest BCUT2D eigenvalue weighted by Crippen LogP contribution is -2.27. The van der Waals surface area contributed by atoms with E-state index in [-0.39, 0.29) is 13.1 Å². The zero-order valence-corrected chi connectivity index (χ0v) is 10.1. The van der Waals surface area contributed by atoms with Gasteiger partial charge in [-0.15, -0.1) is 0 Å². The van der Waals surface area contributed by atoms with Crippen molar-refractivity contribution in [2.24, 2.45) is 5.73 Å². The molecule has 0 atom stereocenters. The van der Waals surface area contributed by atoms with Crippen molar-refractivity contribution in [1.29, 1.82) is 0 Å². The number of hydrogen-bond donors (Lipinski definition) is 2. The number of nitro benzene ring substituents is 1. The van der Waals surface area contributed by atoms with E-state index in [9.17, 15) is 22.9 Å². The second kappa shape index (κ2) is 5.85. The van der Waals surface area contributed by atoms with Crippen LogP contribution in [0, 0.1) is 15.9 Å². The number of nitrogens with zero attached hydrogens (tertiary/aromatic N) is 1. The minimum atomic E-state index is -4.12. The second-order valence-corrected chi connectivity index (χ2v) is 5.12. The van der Waals surface area contributed by atoms with Crippen LogP contribution in [0.5, 0.6) is 0 Å². The van der Waals surface area contributed by atoms with E-state index in [1.165, 1.54) is 0 Å². The van der Waals surface area contributed by atoms with Crippen molar-refractivity contribution in [2.75, 3.05) is 13.1 Å². The summed E-state index contributed by atoms with van der Waals surface area (Å²) >= 11 is 0. The van der Waals surface area contributed by atoms with Crippen molar-refractivity contribution in [3.8, 4) is 0 Å². The third kappa shape index (κ3) is 3.22. The van der Waals surface area contributed by atoms with Gasteiger partial charge in [-0.2, -0.15) is 4.39 Å². The van der Waals surface area contributed by atoms with Crippen LogP contribution < -0.4 is 10.5 Å². The Morgan fingerprint density at radius 3 is 2.67 bits per heavy atom. The van der Waals surface area contributed by atoms with Crippen molar-refractivity contribution in [3.05, 3.63) is 34.1 Å². The first kappa shape index (κ1) is 14.5. The molecule has 0 aliphatic rings. The van der Waals surface area contributed by atoms with Crippen molar-refractivity contribution >= 4 is 15.7 Å². The lowest BCUT2D eigenvalue weighted by molar-refractivity contribution is -0.390. The Labute approximate surface area is 103 Å². The summed E-state index contributed by atoms with van der Waals surface area (Å²) in [5, 5.41) is 10.7. The van der Waals surface area contributed by atoms with Crippen LogP contribution in [0.4, 0.5) is 10.1 Å². The van der Waals surface area contributed by atoms with Gasteiger partial charge in [0.05, 0.1) is 4.92 Å². The highest BCUT2D eigenvalue weighted by atomic mass is 32.2. The molecule has 18 heavy (non-hydrogen) atoms. The Bertz CT molecular complexity index is 547. The van der Waals surface area contributed by atoms with Gasteiger partial charge in [0.15, 0.2) is 4.90 Å². The predicted molar refractivity (Wildman–Crippen MR) is 61.9 cm³/mol. The zero-order valence-electron chi connectivity index (χ0n) is 9.30. The van der Waals surface area contributed by atoms with E-state index in [2.05, 4.69) is 4.72 Å². The number of nitro groups is 1. The first-order valence-corrected chi connectivity index (χ1v) is 6.51. The topological polar surface area (TPSA) is 115 Å². The SMILES string of the molecule is NCCCNS(=O)(=O)c1cccc(F)c1[N+](=O)[O-]. The van der Waals surface area contributed by atoms with E-state index >= 15 is 0 Å². The molecule has 0 aliphatic heterocycles. The molecule has 0 bridgehead atoms. The Kier molecular flexibility index (Phi) is 4.70. The fourth-order valence-corrected chi connectivity index (χ4v) is 2.53. The van der Waals surface area contributed by atoms with Gasteiger partial charge in [-0.25, -0.2) is 13.1 Å². The normalized spacial score (nSPS) is 11.4. The van der Waals surface area contributed by atoms with Crippen LogP contribution in [-0.4, -0.2) is 26.4 Å². The summed E-state index contributed by atoms with van der Waals surface area (Å²) < 4.78 is 38.9. The molecule has 7 nitrogen and oxygen atoms in total. The molecular formula is C9H12FN3O4S. The molecule has 0 saturated carbocycles. The minimum absolute atomic E-state index is 0.0342. The molecule has 0 aliphatic carbocycles. The molecule has 1 aromatic carbocycles. The predicted octanol–water partition coefficient (Wildman–Crippen LogP) is 0.361. The summed E-state index contributed by atoms with van der Waals surface area (Å²) in [6, 6.07) is 2.91. The van der Waals surface area contributed by atoms with Gasteiger partial charge in [0.2, 0.25) is 15.8 Å². The fraction of sp³-hybridized carbons (Fsp3) is 0.333. The lowest BCUT2D eigenvalue weighted by Gasteiger charge is -2.06. The van der Waals surface area contributed by atoms with Crippen LogP contribution in [0.2, 0.25) is 0 Å². The third-order valence-corrected chi connectivity index (χ3v) is 3.59. The van der Waals surface area contributed by atoms with Gasteiger partial charge in [0.25, 0.3) is 0 Å². The average molecular weight is 277 g/mol. The molecule has 0 radical (unpaired) electrons. The van der Waals surface area contributed by atoms with Crippen molar-refractivity contribution < 1.29 is 17.7 Å². The van der Waals surface area contributed by atoms with Gasteiger partial charge in [-0.1, -0.05) is 6.07 Å². The maximum absolute atomic E-state index is 13.3. The Morgan fingerprint density at radius 1 is 1.44 bits per heavy atom. The highest BCUT2D eigenvalue weighted by molar-refractivity contribution is 7.89. The lowest BCUT2D eigenvalue weighted by atomic mass is 10.3. The van der Waals surface area contributed by atoms with E-state index < -0.39 is 31.3 Å². The Morgan fingerprint density at radius 2 is 2.11 bits per heavy atom. The number of nitrogens with one attached hydrogen (secondary N) is 1. The Balaban J connectivity index is 3.16. The number of benzene rings is 1. The molecule has 0 fully saturated rings. The average Bonchev–Trinajstić information content (AvgIpc) is 2.28. The van der Waals surface area contributed by atoms with Gasteiger partial charge >= 0.3 is 5.69 Å². The number of rotatable bonds is 6. The molecule has 0 spiro atoms. The first-order chi connectivity index (χ1) is 8.40.